The molecule has 2 heterocycles. The molecule has 0 saturated carbocycles. The fraction of sp³-hybridized carbons (Fsp3) is 0.522. The second-order valence-electron chi connectivity index (χ2n) is 8.02. The minimum absolute atomic E-state index is 0.208. The predicted octanol–water partition coefficient (Wildman–Crippen LogP) is 5.27. The number of carbonyl (C=O) groups excluding carboxylic acids is 1. The SMILES string of the molecule is CC(C)CC(O)c1ccc(N2C(=O)CCCC2CCCc2ccco2)cc1. The van der Waals surface area contributed by atoms with Crippen LogP contribution in [0.25, 0.3) is 0 Å². The number of carbonyl (C=O) groups is 1. The summed E-state index contributed by atoms with van der Waals surface area (Å²) in [5, 5.41) is 10.3. The normalized spacial score (nSPS) is 18.9. The molecule has 2 atom stereocenters. The number of aryl methyl sites for hydroxylation is 1. The summed E-state index contributed by atoms with van der Waals surface area (Å²) < 4.78 is 5.41. The van der Waals surface area contributed by atoms with Crippen molar-refractivity contribution in [3.8, 4) is 0 Å². The van der Waals surface area contributed by atoms with Gasteiger partial charge in [-0.1, -0.05) is 26.0 Å². The number of nitrogens with zero attached hydrogens (tertiary/aromatic N) is 1. The highest BCUT2D eigenvalue weighted by atomic mass is 16.3. The molecule has 3 rings (SSSR count). The first-order chi connectivity index (χ1) is 13.0. The van der Waals surface area contributed by atoms with E-state index in [2.05, 4.69) is 13.8 Å². The van der Waals surface area contributed by atoms with Gasteiger partial charge in [-0.3, -0.25) is 4.79 Å². The average molecular weight is 370 g/mol. The highest BCUT2D eigenvalue weighted by molar-refractivity contribution is 5.94. The Balaban J connectivity index is 1.66. The van der Waals surface area contributed by atoms with Gasteiger partial charge in [0.2, 0.25) is 5.91 Å². The molecule has 1 aliphatic heterocycles. The monoisotopic (exact) mass is 369 g/mol. The summed E-state index contributed by atoms with van der Waals surface area (Å²) in [6.07, 6.45) is 7.53. The molecule has 2 aromatic rings. The fourth-order valence-electron chi connectivity index (χ4n) is 3.98. The Morgan fingerprint density at radius 1 is 1.22 bits per heavy atom. The lowest BCUT2D eigenvalue weighted by atomic mass is 9.95. The molecule has 1 amide bonds. The first-order valence-corrected chi connectivity index (χ1v) is 10.2. The molecule has 0 bridgehead atoms. The van der Waals surface area contributed by atoms with Gasteiger partial charge in [0.1, 0.15) is 5.76 Å². The Hall–Kier alpha value is -2.07. The zero-order chi connectivity index (χ0) is 19.2. The first kappa shape index (κ1) is 19.7. The van der Waals surface area contributed by atoms with E-state index in [1.807, 2.05) is 41.3 Å². The average Bonchev–Trinajstić information content (AvgIpc) is 3.15. The van der Waals surface area contributed by atoms with Gasteiger partial charge in [-0.05, 0) is 67.9 Å². The van der Waals surface area contributed by atoms with Crippen molar-refractivity contribution in [2.45, 2.75) is 70.9 Å². The number of hydrogen-bond acceptors (Lipinski definition) is 3. The van der Waals surface area contributed by atoms with Crippen LogP contribution in [0.3, 0.4) is 0 Å². The van der Waals surface area contributed by atoms with Gasteiger partial charge in [0.25, 0.3) is 0 Å². The zero-order valence-electron chi connectivity index (χ0n) is 16.4. The minimum atomic E-state index is -0.444. The van der Waals surface area contributed by atoms with Gasteiger partial charge in [-0.25, -0.2) is 0 Å². The third kappa shape index (κ3) is 5.23. The van der Waals surface area contributed by atoms with Crippen molar-refractivity contribution < 1.29 is 14.3 Å². The Bertz CT molecular complexity index is 706. The van der Waals surface area contributed by atoms with Crippen LogP contribution in [-0.2, 0) is 11.2 Å². The standard InChI is InChI=1S/C23H31NO3/c1-17(2)16-22(25)18-11-13-20(14-12-18)24-19(7-4-10-23(24)26)6-3-8-21-9-5-15-27-21/h5,9,11-15,17,19,22,25H,3-4,6-8,10,16H2,1-2H3. The largest absolute Gasteiger partial charge is 0.469 e. The lowest BCUT2D eigenvalue weighted by Crippen LogP contribution is -2.43. The van der Waals surface area contributed by atoms with Gasteiger partial charge in [-0.2, -0.15) is 0 Å². The molecule has 1 fully saturated rings. The summed E-state index contributed by atoms with van der Waals surface area (Å²) in [5.41, 5.74) is 1.87. The van der Waals surface area contributed by atoms with Crippen LogP contribution in [0.4, 0.5) is 5.69 Å². The summed E-state index contributed by atoms with van der Waals surface area (Å²) in [4.78, 5) is 14.6. The number of anilines is 1. The molecule has 1 aromatic heterocycles. The van der Waals surface area contributed by atoms with Crippen LogP contribution in [0.1, 0.15) is 69.8 Å². The molecule has 1 aliphatic rings. The van der Waals surface area contributed by atoms with Gasteiger partial charge >= 0.3 is 0 Å². The molecular weight excluding hydrogens is 338 g/mol. The van der Waals surface area contributed by atoms with E-state index in [1.165, 1.54) is 0 Å². The van der Waals surface area contributed by atoms with E-state index in [0.29, 0.717) is 12.3 Å². The molecule has 1 aromatic carbocycles. The van der Waals surface area contributed by atoms with Crippen molar-refractivity contribution in [3.63, 3.8) is 0 Å². The van der Waals surface area contributed by atoms with Crippen molar-refractivity contribution >= 4 is 11.6 Å². The van der Waals surface area contributed by atoms with Crippen LogP contribution >= 0.6 is 0 Å². The number of hydrogen-bond donors (Lipinski definition) is 1. The number of benzene rings is 1. The second-order valence-corrected chi connectivity index (χ2v) is 8.02. The molecule has 4 nitrogen and oxygen atoms in total. The van der Waals surface area contributed by atoms with E-state index in [9.17, 15) is 9.90 Å². The summed E-state index contributed by atoms with van der Waals surface area (Å²) in [7, 11) is 0. The highest BCUT2D eigenvalue weighted by Crippen LogP contribution is 2.30. The molecule has 2 unspecified atom stereocenters. The maximum Gasteiger partial charge on any atom is 0.227 e. The van der Waals surface area contributed by atoms with Gasteiger partial charge in [0.15, 0.2) is 0 Å². The van der Waals surface area contributed by atoms with Gasteiger partial charge in [-0.15, -0.1) is 0 Å². The minimum Gasteiger partial charge on any atom is -0.469 e. The van der Waals surface area contributed by atoms with E-state index in [1.54, 1.807) is 6.26 Å². The van der Waals surface area contributed by atoms with E-state index in [0.717, 1.165) is 55.5 Å². The van der Waals surface area contributed by atoms with Crippen molar-refractivity contribution in [1.29, 1.82) is 0 Å². The lowest BCUT2D eigenvalue weighted by Gasteiger charge is -2.36. The second kappa shape index (κ2) is 9.23. The van der Waals surface area contributed by atoms with Crippen molar-refractivity contribution in [2.24, 2.45) is 5.92 Å². The van der Waals surface area contributed by atoms with E-state index < -0.39 is 6.10 Å². The fourth-order valence-corrected chi connectivity index (χ4v) is 3.98. The summed E-state index contributed by atoms with van der Waals surface area (Å²) in [6, 6.07) is 12.1. The number of rotatable bonds is 8. The third-order valence-corrected chi connectivity index (χ3v) is 5.35. The van der Waals surface area contributed by atoms with Crippen LogP contribution < -0.4 is 4.90 Å². The molecule has 0 spiro atoms. The van der Waals surface area contributed by atoms with E-state index >= 15 is 0 Å². The number of piperidine rings is 1. The van der Waals surface area contributed by atoms with Crippen molar-refractivity contribution in [2.75, 3.05) is 4.90 Å². The van der Waals surface area contributed by atoms with Crippen molar-refractivity contribution in [3.05, 3.63) is 54.0 Å². The van der Waals surface area contributed by atoms with Crippen molar-refractivity contribution in [1.82, 2.24) is 0 Å². The molecular formula is C23H31NO3. The molecule has 0 aliphatic carbocycles. The highest BCUT2D eigenvalue weighted by Gasteiger charge is 2.29. The Kier molecular flexibility index (Phi) is 6.73. The lowest BCUT2D eigenvalue weighted by molar-refractivity contribution is -0.120. The maximum absolute atomic E-state index is 12.6. The van der Waals surface area contributed by atoms with Crippen LogP contribution in [0, 0.1) is 5.92 Å². The topological polar surface area (TPSA) is 53.7 Å². The first-order valence-electron chi connectivity index (χ1n) is 10.2. The number of aliphatic hydroxyl groups is 1. The molecule has 146 valence electrons. The Labute approximate surface area is 162 Å². The van der Waals surface area contributed by atoms with Gasteiger partial charge < -0.3 is 14.4 Å². The van der Waals surface area contributed by atoms with Gasteiger partial charge in [0, 0.05) is 24.6 Å². The predicted molar refractivity (Wildman–Crippen MR) is 108 cm³/mol. The Morgan fingerprint density at radius 3 is 2.67 bits per heavy atom. The Morgan fingerprint density at radius 2 is 2.00 bits per heavy atom. The van der Waals surface area contributed by atoms with E-state index in [4.69, 9.17) is 4.42 Å². The summed E-state index contributed by atoms with van der Waals surface area (Å²) in [5.74, 6) is 1.66. The molecule has 27 heavy (non-hydrogen) atoms. The third-order valence-electron chi connectivity index (χ3n) is 5.35. The maximum atomic E-state index is 12.6. The molecule has 0 radical (unpaired) electrons. The van der Waals surface area contributed by atoms with Crippen LogP contribution in [0.15, 0.2) is 47.1 Å². The molecule has 1 N–H and O–H groups in total. The van der Waals surface area contributed by atoms with Crippen LogP contribution in [0.2, 0.25) is 0 Å². The molecule has 4 heteroatoms. The smallest absolute Gasteiger partial charge is 0.227 e. The number of amides is 1. The molecule has 1 saturated heterocycles. The zero-order valence-corrected chi connectivity index (χ0v) is 16.4. The number of furan rings is 1. The van der Waals surface area contributed by atoms with Crippen LogP contribution in [0.5, 0.6) is 0 Å². The summed E-state index contributed by atoms with van der Waals surface area (Å²) in [6.45, 7) is 4.22. The van der Waals surface area contributed by atoms with E-state index in [-0.39, 0.29) is 11.9 Å². The summed E-state index contributed by atoms with van der Waals surface area (Å²) >= 11 is 0. The van der Waals surface area contributed by atoms with Gasteiger partial charge in [0.05, 0.1) is 12.4 Å². The van der Waals surface area contributed by atoms with Crippen LogP contribution in [-0.4, -0.2) is 17.1 Å². The quantitative estimate of drug-likeness (QED) is 0.690. The number of aliphatic hydroxyl groups excluding tert-OH is 1.